The van der Waals surface area contributed by atoms with Crippen LogP contribution in [0.4, 0.5) is 0 Å². The highest BCUT2D eigenvalue weighted by atomic mass is 16.3. The molecule has 4 rings (SSSR count). The summed E-state index contributed by atoms with van der Waals surface area (Å²) in [5.41, 5.74) is 8.12. The molecule has 1 aromatic rings. The number of aromatic hydroxyl groups is 1. The van der Waals surface area contributed by atoms with E-state index in [-0.39, 0.29) is 24.0 Å². The fourth-order valence-corrected chi connectivity index (χ4v) is 6.07. The van der Waals surface area contributed by atoms with Gasteiger partial charge in [-0.1, -0.05) is 5.92 Å². The number of phenols is 1. The molecular weight excluding hydrogens is 458 g/mol. The number of amides is 2. The Labute approximate surface area is 200 Å². The average Bonchev–Trinajstić information content (AvgIpc) is 2.75. The largest absolute Gasteiger partial charge is 0.507 e. The Morgan fingerprint density at radius 2 is 1.80 bits per heavy atom. The van der Waals surface area contributed by atoms with E-state index in [9.17, 15) is 39.3 Å². The summed E-state index contributed by atoms with van der Waals surface area (Å²) in [5.74, 6) is -5.98. The van der Waals surface area contributed by atoms with Crippen LogP contribution >= 0.6 is 0 Å². The van der Waals surface area contributed by atoms with Gasteiger partial charge in [0.25, 0.3) is 5.91 Å². The maximum atomic E-state index is 13.7. The van der Waals surface area contributed by atoms with Gasteiger partial charge in [-0.05, 0) is 56.5 Å². The summed E-state index contributed by atoms with van der Waals surface area (Å²) >= 11 is 0. The van der Waals surface area contributed by atoms with Gasteiger partial charge in [0.1, 0.15) is 11.7 Å². The number of Topliss-reactive ketones (excluding diaryl/α,β-unsaturated/α-hetero) is 3. The summed E-state index contributed by atoms with van der Waals surface area (Å²) in [4.78, 5) is 65.1. The molecule has 184 valence electrons. The predicted octanol–water partition coefficient (Wildman–Crippen LogP) is -2.50. The molecule has 3 unspecified atom stereocenters. The fraction of sp³-hybridized carbons (Fsp3) is 0.458. The molecule has 2 fully saturated rings. The van der Waals surface area contributed by atoms with Gasteiger partial charge in [0.2, 0.25) is 5.91 Å². The minimum atomic E-state index is -2.72. The highest BCUT2D eigenvalue weighted by Gasteiger charge is 2.69. The van der Waals surface area contributed by atoms with Gasteiger partial charge in [0.15, 0.2) is 23.0 Å². The monoisotopic (exact) mass is 483 g/mol. The summed E-state index contributed by atoms with van der Waals surface area (Å²) in [6.07, 6.45) is -1.52. The third-order valence-electron chi connectivity index (χ3n) is 7.49. The molecule has 11 heteroatoms. The second-order valence-corrected chi connectivity index (χ2v) is 9.57. The first kappa shape index (κ1) is 24.5. The Morgan fingerprint density at radius 1 is 1.14 bits per heavy atom. The van der Waals surface area contributed by atoms with Crippen LogP contribution in [0.5, 0.6) is 5.75 Å². The first-order chi connectivity index (χ1) is 16.3. The van der Waals surface area contributed by atoms with Gasteiger partial charge in [-0.3, -0.25) is 24.0 Å². The lowest BCUT2D eigenvalue weighted by atomic mass is 9.52. The number of hydrogen-bond donors (Lipinski definition) is 5. The van der Waals surface area contributed by atoms with Crippen LogP contribution in [0.25, 0.3) is 0 Å². The van der Waals surface area contributed by atoms with E-state index in [1.807, 2.05) is 0 Å². The number of primary amides is 2. The highest BCUT2D eigenvalue weighted by molar-refractivity contribution is 6.25. The number of nitrogens with zero attached hydrogens (tertiary/aromatic N) is 1. The molecule has 7 atom stereocenters. The van der Waals surface area contributed by atoms with Gasteiger partial charge < -0.3 is 31.7 Å². The number of carbonyl (C=O) groups is 5. The molecule has 0 aliphatic heterocycles. The van der Waals surface area contributed by atoms with Crippen molar-refractivity contribution in [3.05, 3.63) is 28.8 Å². The molecule has 0 bridgehead atoms. The van der Waals surface area contributed by atoms with E-state index in [1.165, 1.54) is 17.0 Å². The Hall–Kier alpha value is -3.59. The standard InChI is InChI=1S/C24H25N3O8/c1-27(2)18-12-8-10-7-11-9(4-6-14(25)29)3-5-13(28)16(11)19(30)15(10)21(32)24(12,35)22(33)17(20(18)31)23(26)34/h3,5,10,12,15,17-18,20,28,31,35H,7-8H2,1-2H3,(H2,25,29)(H2,26,34)/t10-,12-,15?,17?,18-,20?,24-/m1/s1. The number of aliphatic hydroxyl groups is 2. The summed E-state index contributed by atoms with van der Waals surface area (Å²) in [6.45, 7) is 0. The van der Waals surface area contributed by atoms with Crippen LogP contribution < -0.4 is 11.5 Å². The van der Waals surface area contributed by atoms with Gasteiger partial charge in [-0.15, -0.1) is 0 Å². The number of rotatable bonds is 2. The molecule has 7 N–H and O–H groups in total. The van der Waals surface area contributed by atoms with E-state index in [4.69, 9.17) is 11.5 Å². The number of aliphatic hydroxyl groups excluding tert-OH is 1. The highest BCUT2D eigenvalue weighted by Crippen LogP contribution is 2.51. The molecule has 0 saturated heterocycles. The lowest BCUT2D eigenvalue weighted by molar-refractivity contribution is -0.190. The molecule has 11 nitrogen and oxygen atoms in total. The normalized spacial score (nSPS) is 33.8. The summed E-state index contributed by atoms with van der Waals surface area (Å²) in [7, 11) is 3.13. The summed E-state index contributed by atoms with van der Waals surface area (Å²) in [6, 6.07) is 1.63. The molecule has 35 heavy (non-hydrogen) atoms. The van der Waals surface area contributed by atoms with Crippen molar-refractivity contribution in [3.63, 3.8) is 0 Å². The molecule has 0 aromatic heterocycles. The molecule has 0 spiro atoms. The lowest BCUT2D eigenvalue weighted by Crippen LogP contribution is -2.75. The Bertz CT molecular complexity index is 1250. The summed E-state index contributed by atoms with van der Waals surface area (Å²) < 4.78 is 0. The van der Waals surface area contributed by atoms with Gasteiger partial charge >= 0.3 is 0 Å². The van der Waals surface area contributed by atoms with Crippen LogP contribution in [0.15, 0.2) is 12.1 Å². The quantitative estimate of drug-likeness (QED) is 0.222. The molecule has 3 aliphatic carbocycles. The number of fused-ring (bicyclic) bond motifs is 3. The zero-order chi connectivity index (χ0) is 26.0. The molecule has 2 amide bonds. The van der Waals surface area contributed by atoms with Crippen molar-refractivity contribution in [1.29, 1.82) is 0 Å². The van der Waals surface area contributed by atoms with Crippen molar-refractivity contribution < 1.29 is 39.3 Å². The Balaban J connectivity index is 1.87. The van der Waals surface area contributed by atoms with Crippen molar-refractivity contribution in [1.82, 2.24) is 4.90 Å². The van der Waals surface area contributed by atoms with Gasteiger partial charge in [-0.2, -0.15) is 0 Å². The van der Waals surface area contributed by atoms with Gasteiger partial charge in [0, 0.05) is 17.5 Å². The van der Waals surface area contributed by atoms with Crippen molar-refractivity contribution in [2.45, 2.75) is 30.6 Å². The maximum Gasteiger partial charge on any atom is 0.293 e. The smallest absolute Gasteiger partial charge is 0.293 e. The number of carbonyl (C=O) groups excluding carboxylic acids is 5. The van der Waals surface area contributed by atoms with Crippen LogP contribution in [0.3, 0.4) is 0 Å². The minimum absolute atomic E-state index is 0.0203. The predicted molar refractivity (Wildman–Crippen MR) is 118 cm³/mol. The van der Waals surface area contributed by atoms with Crippen LogP contribution in [-0.2, 0) is 25.6 Å². The van der Waals surface area contributed by atoms with Crippen molar-refractivity contribution in [3.8, 4) is 17.6 Å². The molecule has 0 heterocycles. The van der Waals surface area contributed by atoms with Crippen molar-refractivity contribution in [2.24, 2.45) is 35.1 Å². The maximum absolute atomic E-state index is 13.7. The Kier molecular flexibility index (Phi) is 5.79. The van der Waals surface area contributed by atoms with E-state index in [1.54, 1.807) is 14.1 Å². The van der Waals surface area contributed by atoms with Crippen molar-refractivity contribution in [2.75, 3.05) is 14.1 Å². The Morgan fingerprint density at radius 3 is 2.37 bits per heavy atom. The van der Waals surface area contributed by atoms with Gasteiger partial charge in [0.05, 0.1) is 17.6 Å². The minimum Gasteiger partial charge on any atom is -0.507 e. The summed E-state index contributed by atoms with van der Waals surface area (Å²) in [5, 5.41) is 32.8. The number of phenolic OH excluding ortho intramolecular Hbond substituents is 1. The lowest BCUT2D eigenvalue weighted by Gasteiger charge is -2.54. The first-order valence-electron chi connectivity index (χ1n) is 11.0. The second kappa shape index (κ2) is 8.27. The van der Waals surface area contributed by atoms with E-state index in [0.717, 1.165) is 0 Å². The number of hydrogen-bond acceptors (Lipinski definition) is 9. The van der Waals surface area contributed by atoms with E-state index in [0.29, 0.717) is 5.56 Å². The number of ketones is 3. The second-order valence-electron chi connectivity index (χ2n) is 9.57. The van der Waals surface area contributed by atoms with Crippen LogP contribution in [0, 0.1) is 35.5 Å². The first-order valence-corrected chi connectivity index (χ1v) is 11.0. The average molecular weight is 483 g/mol. The van der Waals surface area contributed by atoms with E-state index in [2.05, 4.69) is 11.8 Å². The topological polar surface area (TPSA) is 201 Å². The van der Waals surface area contributed by atoms with Gasteiger partial charge in [-0.25, -0.2) is 0 Å². The third-order valence-corrected chi connectivity index (χ3v) is 7.49. The van der Waals surface area contributed by atoms with Crippen LogP contribution in [-0.4, -0.2) is 81.2 Å². The van der Waals surface area contributed by atoms with E-state index >= 15 is 0 Å². The zero-order valence-electron chi connectivity index (χ0n) is 19.0. The van der Waals surface area contributed by atoms with Crippen LogP contribution in [0.2, 0.25) is 0 Å². The zero-order valence-corrected chi connectivity index (χ0v) is 19.0. The fourth-order valence-electron chi connectivity index (χ4n) is 6.07. The van der Waals surface area contributed by atoms with E-state index < -0.39 is 76.3 Å². The molecule has 2 saturated carbocycles. The third kappa shape index (κ3) is 3.44. The number of nitrogens with two attached hydrogens (primary N) is 2. The van der Waals surface area contributed by atoms with Crippen LogP contribution in [0.1, 0.15) is 27.9 Å². The van der Waals surface area contributed by atoms with Crippen molar-refractivity contribution >= 4 is 29.2 Å². The molecular formula is C24H25N3O8. The molecule has 1 aromatic carbocycles. The molecule has 0 radical (unpaired) electrons. The molecule has 3 aliphatic rings. The SMILES string of the molecule is CN(C)[C@H]1C(O)C(C(N)=O)C(=O)[C@]2(O)C(=O)C3C(=O)c4c(O)ccc(C#CC(N)=O)c4C[C@@H]3C[C@H]12. The number of likely N-dealkylation sites (N-methyl/N-ethyl adjacent to an activating group) is 1. The number of benzene rings is 1.